The normalized spacial score (nSPS) is 11.0. The number of benzene rings is 2. The van der Waals surface area contributed by atoms with Gasteiger partial charge in [-0.15, -0.1) is 0 Å². The molecule has 1 aromatic heterocycles. The molecular formula is C20H19NO3. The predicted octanol–water partition coefficient (Wildman–Crippen LogP) is 4.43. The quantitative estimate of drug-likeness (QED) is 0.652. The highest BCUT2D eigenvalue weighted by molar-refractivity contribution is 5.83. The largest absolute Gasteiger partial charge is 0.493 e. The molecular weight excluding hydrogens is 302 g/mol. The average Bonchev–Trinajstić information content (AvgIpc) is 2.65. The van der Waals surface area contributed by atoms with Crippen LogP contribution in [0.25, 0.3) is 23.1 Å². The van der Waals surface area contributed by atoms with Crippen molar-refractivity contribution in [1.29, 1.82) is 0 Å². The lowest BCUT2D eigenvalue weighted by molar-refractivity contribution is 0.324. The molecule has 0 aliphatic heterocycles. The van der Waals surface area contributed by atoms with Gasteiger partial charge in [-0.3, -0.25) is 4.98 Å². The summed E-state index contributed by atoms with van der Waals surface area (Å²) < 4.78 is 16.1. The molecule has 0 fully saturated rings. The Bertz CT molecular complexity index is 862. The van der Waals surface area contributed by atoms with Crippen LogP contribution in [0.4, 0.5) is 0 Å². The first kappa shape index (κ1) is 15.9. The van der Waals surface area contributed by atoms with Crippen LogP contribution in [-0.2, 0) is 0 Å². The van der Waals surface area contributed by atoms with E-state index in [1.54, 1.807) is 27.5 Å². The van der Waals surface area contributed by atoms with Gasteiger partial charge in [0.25, 0.3) is 0 Å². The van der Waals surface area contributed by atoms with Crippen LogP contribution in [0.2, 0.25) is 0 Å². The minimum atomic E-state index is 0.592. The second kappa shape index (κ2) is 7.04. The van der Waals surface area contributed by atoms with Crippen LogP contribution < -0.4 is 14.2 Å². The van der Waals surface area contributed by atoms with E-state index in [0.29, 0.717) is 17.2 Å². The number of rotatable bonds is 5. The van der Waals surface area contributed by atoms with Gasteiger partial charge < -0.3 is 14.2 Å². The zero-order valence-electron chi connectivity index (χ0n) is 13.9. The van der Waals surface area contributed by atoms with Crippen LogP contribution in [0.1, 0.15) is 11.1 Å². The molecule has 3 aromatic rings. The Hall–Kier alpha value is -3.01. The van der Waals surface area contributed by atoms with E-state index in [1.807, 2.05) is 42.5 Å². The molecule has 0 N–H and O–H groups in total. The third kappa shape index (κ3) is 3.18. The number of hydrogen-bond donors (Lipinski definition) is 0. The summed E-state index contributed by atoms with van der Waals surface area (Å²) >= 11 is 0. The van der Waals surface area contributed by atoms with Crippen LogP contribution >= 0.6 is 0 Å². The van der Waals surface area contributed by atoms with E-state index in [0.717, 1.165) is 22.0 Å². The lowest BCUT2D eigenvalue weighted by Gasteiger charge is -2.12. The highest BCUT2D eigenvalue weighted by Gasteiger charge is 2.11. The maximum absolute atomic E-state index is 5.38. The van der Waals surface area contributed by atoms with Crippen molar-refractivity contribution in [2.24, 2.45) is 0 Å². The van der Waals surface area contributed by atoms with Gasteiger partial charge in [-0.2, -0.15) is 0 Å². The third-order valence-electron chi connectivity index (χ3n) is 3.78. The number of methoxy groups -OCH3 is 3. The molecule has 24 heavy (non-hydrogen) atoms. The van der Waals surface area contributed by atoms with Crippen LogP contribution in [-0.4, -0.2) is 26.3 Å². The van der Waals surface area contributed by atoms with Gasteiger partial charge in [0.1, 0.15) is 0 Å². The molecule has 0 aliphatic carbocycles. The zero-order valence-corrected chi connectivity index (χ0v) is 13.9. The van der Waals surface area contributed by atoms with Crippen LogP contribution in [0.3, 0.4) is 0 Å². The first-order valence-electron chi connectivity index (χ1n) is 7.58. The summed E-state index contributed by atoms with van der Waals surface area (Å²) in [5.41, 5.74) is 3.06. The molecule has 0 atom stereocenters. The lowest BCUT2D eigenvalue weighted by atomic mass is 10.1. The molecule has 0 unspecified atom stereocenters. The Morgan fingerprint density at radius 2 is 1.50 bits per heavy atom. The number of fused-ring (bicyclic) bond motifs is 1. The van der Waals surface area contributed by atoms with E-state index >= 15 is 0 Å². The molecule has 0 saturated heterocycles. The Morgan fingerprint density at radius 3 is 2.17 bits per heavy atom. The number of hydrogen-bond acceptors (Lipinski definition) is 4. The van der Waals surface area contributed by atoms with E-state index in [-0.39, 0.29) is 0 Å². The van der Waals surface area contributed by atoms with Gasteiger partial charge in [0.05, 0.1) is 26.8 Å². The van der Waals surface area contributed by atoms with Gasteiger partial charge >= 0.3 is 0 Å². The summed E-state index contributed by atoms with van der Waals surface area (Å²) in [6.45, 7) is 0. The molecule has 4 nitrogen and oxygen atoms in total. The summed E-state index contributed by atoms with van der Waals surface area (Å²) in [5.74, 6) is 1.87. The minimum absolute atomic E-state index is 0.592. The maximum Gasteiger partial charge on any atom is 0.203 e. The molecule has 122 valence electrons. The van der Waals surface area contributed by atoms with Gasteiger partial charge in [-0.1, -0.05) is 24.3 Å². The molecule has 3 rings (SSSR count). The van der Waals surface area contributed by atoms with Crippen molar-refractivity contribution in [3.8, 4) is 17.2 Å². The molecule has 0 spiro atoms. The molecule has 0 amide bonds. The van der Waals surface area contributed by atoms with Crippen molar-refractivity contribution >= 4 is 23.1 Å². The minimum Gasteiger partial charge on any atom is -0.493 e. The molecule has 2 aromatic carbocycles. The average molecular weight is 321 g/mol. The fraction of sp³-hybridized carbons (Fsp3) is 0.150. The molecule has 0 radical (unpaired) electrons. The Balaban J connectivity index is 1.95. The zero-order chi connectivity index (χ0) is 16.9. The molecule has 1 heterocycles. The van der Waals surface area contributed by atoms with Gasteiger partial charge in [0.2, 0.25) is 5.75 Å². The second-order valence-electron chi connectivity index (χ2n) is 5.25. The molecule has 4 heteroatoms. The monoisotopic (exact) mass is 321 g/mol. The molecule has 0 aliphatic rings. The topological polar surface area (TPSA) is 40.6 Å². The summed E-state index contributed by atoms with van der Waals surface area (Å²) in [7, 11) is 4.82. The Labute approximate surface area is 141 Å². The van der Waals surface area contributed by atoms with Crippen LogP contribution in [0, 0.1) is 0 Å². The first-order valence-corrected chi connectivity index (χ1v) is 7.58. The smallest absolute Gasteiger partial charge is 0.203 e. The van der Waals surface area contributed by atoms with Crippen LogP contribution in [0.5, 0.6) is 17.2 Å². The highest BCUT2D eigenvalue weighted by atomic mass is 16.5. The van der Waals surface area contributed by atoms with Crippen molar-refractivity contribution in [3.63, 3.8) is 0 Å². The standard InChI is InChI=1S/C20H19NO3/c1-22-18-12-15(13-19(23-2)20(18)24-3)7-6-14-8-9-17-16(11-14)5-4-10-21-17/h4-13H,1-3H3/b7-6-. The SMILES string of the molecule is COc1cc(/C=C\c2ccc3ncccc3c2)cc(OC)c1OC. The number of nitrogens with zero attached hydrogens (tertiary/aromatic N) is 1. The maximum atomic E-state index is 5.38. The molecule has 0 bridgehead atoms. The Kier molecular flexibility index (Phi) is 4.66. The van der Waals surface area contributed by atoms with E-state index in [1.165, 1.54) is 0 Å². The number of ether oxygens (including phenoxy) is 3. The fourth-order valence-electron chi connectivity index (χ4n) is 2.59. The van der Waals surface area contributed by atoms with Crippen molar-refractivity contribution in [1.82, 2.24) is 4.98 Å². The first-order chi connectivity index (χ1) is 11.7. The van der Waals surface area contributed by atoms with E-state index in [4.69, 9.17) is 14.2 Å². The van der Waals surface area contributed by atoms with Crippen molar-refractivity contribution in [2.45, 2.75) is 0 Å². The van der Waals surface area contributed by atoms with E-state index in [2.05, 4.69) is 17.1 Å². The summed E-state index contributed by atoms with van der Waals surface area (Å²) in [6, 6.07) is 14.0. The summed E-state index contributed by atoms with van der Waals surface area (Å²) in [6.07, 6.45) is 5.86. The molecule has 0 saturated carbocycles. The fourth-order valence-corrected chi connectivity index (χ4v) is 2.59. The Morgan fingerprint density at radius 1 is 0.792 bits per heavy atom. The lowest BCUT2D eigenvalue weighted by Crippen LogP contribution is -1.95. The van der Waals surface area contributed by atoms with E-state index in [9.17, 15) is 0 Å². The second-order valence-corrected chi connectivity index (χ2v) is 5.25. The van der Waals surface area contributed by atoms with E-state index < -0.39 is 0 Å². The number of aromatic nitrogens is 1. The number of pyridine rings is 1. The van der Waals surface area contributed by atoms with Gasteiger partial charge in [0.15, 0.2) is 11.5 Å². The van der Waals surface area contributed by atoms with Crippen molar-refractivity contribution < 1.29 is 14.2 Å². The highest BCUT2D eigenvalue weighted by Crippen LogP contribution is 2.38. The third-order valence-corrected chi connectivity index (χ3v) is 3.78. The van der Waals surface area contributed by atoms with Crippen molar-refractivity contribution in [3.05, 3.63) is 59.8 Å². The van der Waals surface area contributed by atoms with Gasteiger partial charge in [0, 0.05) is 11.6 Å². The van der Waals surface area contributed by atoms with Crippen LogP contribution in [0.15, 0.2) is 48.7 Å². The predicted molar refractivity (Wildman–Crippen MR) is 96.8 cm³/mol. The summed E-state index contributed by atoms with van der Waals surface area (Å²) in [5, 5.41) is 1.12. The summed E-state index contributed by atoms with van der Waals surface area (Å²) in [4.78, 5) is 4.33. The van der Waals surface area contributed by atoms with Gasteiger partial charge in [-0.05, 0) is 41.5 Å². The van der Waals surface area contributed by atoms with Crippen molar-refractivity contribution in [2.75, 3.05) is 21.3 Å². The van der Waals surface area contributed by atoms with Gasteiger partial charge in [-0.25, -0.2) is 0 Å².